The average molecular weight is 207 g/mol. The summed E-state index contributed by atoms with van der Waals surface area (Å²) in [5, 5.41) is 0. The Balaban J connectivity index is 2.11. The van der Waals surface area contributed by atoms with Crippen LogP contribution in [0, 0.1) is 19.7 Å². The summed E-state index contributed by atoms with van der Waals surface area (Å²) in [4.78, 5) is 0. The van der Waals surface area contributed by atoms with E-state index in [9.17, 15) is 4.39 Å². The van der Waals surface area contributed by atoms with E-state index in [0.717, 1.165) is 42.4 Å². The largest absolute Gasteiger partial charge is 0.325 e. The van der Waals surface area contributed by atoms with Crippen molar-refractivity contribution in [2.45, 2.75) is 45.1 Å². The normalized spacial score (nSPS) is 17.9. The van der Waals surface area contributed by atoms with E-state index in [-0.39, 0.29) is 11.4 Å². The number of benzene rings is 1. The highest BCUT2D eigenvalue weighted by molar-refractivity contribution is 5.32. The highest BCUT2D eigenvalue weighted by atomic mass is 19.1. The molecular weight excluding hydrogens is 189 g/mol. The fraction of sp³-hybridized carbons (Fsp3) is 0.538. The van der Waals surface area contributed by atoms with Gasteiger partial charge in [-0.2, -0.15) is 0 Å². The van der Waals surface area contributed by atoms with Crippen LogP contribution in [-0.2, 0) is 6.42 Å². The van der Waals surface area contributed by atoms with Gasteiger partial charge in [-0.3, -0.25) is 0 Å². The van der Waals surface area contributed by atoms with Gasteiger partial charge in [0.2, 0.25) is 0 Å². The van der Waals surface area contributed by atoms with Gasteiger partial charge in [0.25, 0.3) is 0 Å². The van der Waals surface area contributed by atoms with Gasteiger partial charge in [-0.15, -0.1) is 0 Å². The molecule has 1 saturated carbocycles. The van der Waals surface area contributed by atoms with Gasteiger partial charge in [-0.25, -0.2) is 4.39 Å². The van der Waals surface area contributed by atoms with E-state index in [1.807, 2.05) is 19.1 Å². The number of aryl methyl sites for hydroxylation is 2. The maximum absolute atomic E-state index is 13.6. The van der Waals surface area contributed by atoms with Crippen LogP contribution in [0.4, 0.5) is 4.39 Å². The van der Waals surface area contributed by atoms with Crippen LogP contribution < -0.4 is 5.73 Å². The van der Waals surface area contributed by atoms with Crippen LogP contribution in [0.3, 0.4) is 0 Å². The first-order valence-corrected chi connectivity index (χ1v) is 5.55. The van der Waals surface area contributed by atoms with E-state index in [4.69, 9.17) is 5.73 Å². The molecule has 82 valence electrons. The molecule has 0 aliphatic heterocycles. The van der Waals surface area contributed by atoms with E-state index in [1.165, 1.54) is 0 Å². The van der Waals surface area contributed by atoms with Gasteiger partial charge in [0, 0.05) is 5.54 Å². The lowest BCUT2D eigenvalue weighted by molar-refractivity contribution is 0.588. The van der Waals surface area contributed by atoms with Crippen molar-refractivity contribution in [3.8, 4) is 0 Å². The lowest BCUT2D eigenvalue weighted by Gasteiger charge is -2.11. The first kappa shape index (κ1) is 10.6. The molecule has 0 amide bonds. The highest BCUT2D eigenvalue weighted by Gasteiger charge is 2.37. The van der Waals surface area contributed by atoms with E-state index < -0.39 is 0 Å². The topological polar surface area (TPSA) is 26.0 Å². The molecule has 0 saturated heterocycles. The highest BCUT2D eigenvalue weighted by Crippen LogP contribution is 2.36. The number of nitrogens with two attached hydrogens (primary N) is 1. The Kier molecular flexibility index (Phi) is 2.55. The molecule has 0 spiro atoms. The summed E-state index contributed by atoms with van der Waals surface area (Å²) in [5.74, 6) is -0.0608. The zero-order valence-electron chi connectivity index (χ0n) is 9.44. The number of hydrogen-bond donors (Lipinski definition) is 1. The first-order chi connectivity index (χ1) is 7.02. The fourth-order valence-corrected chi connectivity index (χ4v) is 1.93. The Bertz CT molecular complexity index is 380. The van der Waals surface area contributed by atoms with Crippen molar-refractivity contribution in [2.24, 2.45) is 5.73 Å². The molecule has 0 bridgehead atoms. The molecule has 0 heterocycles. The van der Waals surface area contributed by atoms with Crippen LogP contribution in [0.25, 0.3) is 0 Å². The maximum Gasteiger partial charge on any atom is 0.129 e. The monoisotopic (exact) mass is 207 g/mol. The standard InChI is InChI=1S/C13H18FN/c1-9-3-4-11(10(2)12(9)14)5-6-13(15)7-8-13/h3-4H,5-8,15H2,1-2H3. The fourth-order valence-electron chi connectivity index (χ4n) is 1.93. The van der Waals surface area contributed by atoms with Crippen molar-refractivity contribution in [1.29, 1.82) is 0 Å². The predicted molar refractivity (Wildman–Crippen MR) is 60.3 cm³/mol. The van der Waals surface area contributed by atoms with Crippen molar-refractivity contribution in [3.05, 3.63) is 34.6 Å². The minimum atomic E-state index is -0.0608. The van der Waals surface area contributed by atoms with Crippen molar-refractivity contribution in [2.75, 3.05) is 0 Å². The maximum atomic E-state index is 13.6. The molecule has 0 radical (unpaired) electrons. The summed E-state index contributed by atoms with van der Waals surface area (Å²) in [5.41, 5.74) is 8.71. The zero-order valence-corrected chi connectivity index (χ0v) is 9.44. The molecule has 2 heteroatoms. The van der Waals surface area contributed by atoms with Crippen LogP contribution >= 0.6 is 0 Å². The molecule has 1 aromatic carbocycles. The average Bonchev–Trinajstić information content (AvgIpc) is 2.93. The third kappa shape index (κ3) is 2.20. The predicted octanol–water partition coefficient (Wildman–Crippen LogP) is 2.87. The van der Waals surface area contributed by atoms with Crippen molar-refractivity contribution < 1.29 is 4.39 Å². The third-order valence-electron chi connectivity index (χ3n) is 3.48. The van der Waals surface area contributed by atoms with Crippen LogP contribution in [0.1, 0.15) is 36.0 Å². The summed E-state index contributed by atoms with van der Waals surface area (Å²) in [6, 6.07) is 3.88. The van der Waals surface area contributed by atoms with Crippen LogP contribution in [0.5, 0.6) is 0 Å². The summed E-state index contributed by atoms with van der Waals surface area (Å²) in [6.07, 6.45) is 4.14. The first-order valence-electron chi connectivity index (χ1n) is 5.55. The molecule has 1 aromatic rings. The minimum absolute atomic E-state index is 0.0608. The molecule has 0 unspecified atom stereocenters. The molecule has 1 aliphatic carbocycles. The lowest BCUT2D eigenvalue weighted by Crippen LogP contribution is -2.22. The molecule has 15 heavy (non-hydrogen) atoms. The van der Waals surface area contributed by atoms with Gasteiger partial charge in [0.05, 0.1) is 0 Å². The number of halogens is 1. The second kappa shape index (κ2) is 3.60. The molecule has 1 fully saturated rings. The summed E-state index contributed by atoms with van der Waals surface area (Å²) in [7, 11) is 0. The van der Waals surface area contributed by atoms with Gasteiger partial charge in [-0.1, -0.05) is 12.1 Å². The van der Waals surface area contributed by atoms with Gasteiger partial charge in [-0.05, 0) is 56.2 Å². The van der Waals surface area contributed by atoms with E-state index in [2.05, 4.69) is 0 Å². The van der Waals surface area contributed by atoms with Gasteiger partial charge >= 0.3 is 0 Å². The minimum Gasteiger partial charge on any atom is -0.325 e. The van der Waals surface area contributed by atoms with Gasteiger partial charge in [0.1, 0.15) is 5.82 Å². The molecule has 1 aliphatic rings. The molecule has 2 rings (SSSR count). The summed E-state index contributed by atoms with van der Waals surface area (Å²) < 4.78 is 13.6. The van der Waals surface area contributed by atoms with Crippen molar-refractivity contribution in [3.63, 3.8) is 0 Å². The van der Waals surface area contributed by atoms with E-state index >= 15 is 0 Å². The van der Waals surface area contributed by atoms with Crippen LogP contribution in [0.2, 0.25) is 0 Å². The number of hydrogen-bond acceptors (Lipinski definition) is 1. The SMILES string of the molecule is Cc1ccc(CCC2(N)CC2)c(C)c1F. The Hall–Kier alpha value is -0.890. The molecule has 1 nitrogen and oxygen atoms in total. The Morgan fingerprint density at radius 2 is 2.00 bits per heavy atom. The van der Waals surface area contributed by atoms with Crippen LogP contribution in [-0.4, -0.2) is 5.54 Å². The van der Waals surface area contributed by atoms with Crippen molar-refractivity contribution in [1.82, 2.24) is 0 Å². The Morgan fingerprint density at radius 3 is 2.60 bits per heavy atom. The molecule has 2 N–H and O–H groups in total. The van der Waals surface area contributed by atoms with E-state index in [0.29, 0.717) is 0 Å². The molecular formula is C13H18FN. The summed E-state index contributed by atoms with van der Waals surface area (Å²) >= 11 is 0. The smallest absolute Gasteiger partial charge is 0.129 e. The molecule has 0 aromatic heterocycles. The van der Waals surface area contributed by atoms with E-state index in [1.54, 1.807) is 6.92 Å². The second-order valence-electron chi connectivity index (χ2n) is 4.84. The van der Waals surface area contributed by atoms with Gasteiger partial charge in [0.15, 0.2) is 0 Å². The van der Waals surface area contributed by atoms with Gasteiger partial charge < -0.3 is 5.73 Å². The van der Waals surface area contributed by atoms with Crippen LogP contribution in [0.15, 0.2) is 12.1 Å². The third-order valence-corrected chi connectivity index (χ3v) is 3.48. The second-order valence-corrected chi connectivity index (χ2v) is 4.84. The molecule has 0 atom stereocenters. The number of rotatable bonds is 3. The van der Waals surface area contributed by atoms with Crippen molar-refractivity contribution >= 4 is 0 Å². The Morgan fingerprint density at radius 1 is 1.33 bits per heavy atom. The summed E-state index contributed by atoms with van der Waals surface area (Å²) in [6.45, 7) is 3.66. The quantitative estimate of drug-likeness (QED) is 0.810. The Labute approximate surface area is 90.5 Å². The lowest BCUT2D eigenvalue weighted by atomic mass is 9.98. The zero-order chi connectivity index (χ0) is 11.1.